The van der Waals surface area contributed by atoms with Gasteiger partial charge in [0.25, 0.3) is 10.0 Å². The van der Waals surface area contributed by atoms with Crippen molar-refractivity contribution in [2.75, 3.05) is 24.5 Å². The molecule has 160 valence electrons. The average Bonchev–Trinajstić information content (AvgIpc) is 2.89. The van der Waals surface area contributed by atoms with Crippen molar-refractivity contribution in [3.05, 3.63) is 35.2 Å². The van der Waals surface area contributed by atoms with Gasteiger partial charge in [0.2, 0.25) is 0 Å². The van der Waals surface area contributed by atoms with E-state index >= 15 is 0 Å². The molecule has 0 spiro atoms. The third kappa shape index (κ3) is 4.67. The van der Waals surface area contributed by atoms with Crippen molar-refractivity contribution in [3.8, 4) is 11.5 Å². The lowest BCUT2D eigenvalue weighted by molar-refractivity contribution is 0.0521. The second kappa shape index (κ2) is 9.21. The number of esters is 1. The van der Waals surface area contributed by atoms with Gasteiger partial charge in [-0.3, -0.25) is 4.72 Å². The number of ether oxygens (including phenoxy) is 3. The summed E-state index contributed by atoms with van der Waals surface area (Å²) in [5, 5.41) is 0. The quantitative estimate of drug-likeness (QED) is 0.620. The SMILES string of the molecule is CCOC(=O)c1c(S(=O)(=O)Nc2cc(OCC)ccc2OCC)c(C)n(C)c1C. The molecule has 0 saturated heterocycles. The number of benzene rings is 1. The van der Waals surface area contributed by atoms with Gasteiger partial charge in [0.15, 0.2) is 0 Å². The first-order valence-corrected chi connectivity index (χ1v) is 10.9. The van der Waals surface area contributed by atoms with Crippen LogP contribution >= 0.6 is 0 Å². The third-order valence-electron chi connectivity index (χ3n) is 4.48. The van der Waals surface area contributed by atoms with E-state index in [0.717, 1.165) is 0 Å². The first-order valence-electron chi connectivity index (χ1n) is 9.43. The number of hydrogen-bond donors (Lipinski definition) is 1. The molecule has 8 nitrogen and oxygen atoms in total. The number of rotatable bonds is 9. The van der Waals surface area contributed by atoms with E-state index in [1.54, 1.807) is 57.5 Å². The van der Waals surface area contributed by atoms with Crippen LogP contribution in [0.4, 0.5) is 5.69 Å². The number of nitrogens with one attached hydrogen (secondary N) is 1. The fourth-order valence-corrected chi connectivity index (χ4v) is 4.59. The van der Waals surface area contributed by atoms with Gasteiger partial charge in [-0.1, -0.05) is 0 Å². The highest BCUT2D eigenvalue weighted by atomic mass is 32.2. The molecular weight excluding hydrogens is 396 g/mol. The summed E-state index contributed by atoms with van der Waals surface area (Å²) in [7, 11) is -2.42. The minimum Gasteiger partial charge on any atom is -0.494 e. The zero-order valence-corrected chi connectivity index (χ0v) is 18.5. The van der Waals surface area contributed by atoms with Crippen molar-refractivity contribution in [1.82, 2.24) is 4.57 Å². The molecule has 0 aliphatic heterocycles. The van der Waals surface area contributed by atoms with E-state index in [0.29, 0.717) is 36.1 Å². The number of nitrogens with zero attached hydrogens (tertiary/aromatic N) is 1. The van der Waals surface area contributed by atoms with Crippen LogP contribution in [0.25, 0.3) is 0 Å². The van der Waals surface area contributed by atoms with E-state index in [1.807, 2.05) is 6.92 Å². The Bertz CT molecular complexity index is 995. The maximum absolute atomic E-state index is 13.3. The largest absolute Gasteiger partial charge is 0.494 e. The summed E-state index contributed by atoms with van der Waals surface area (Å²) in [6, 6.07) is 4.90. The van der Waals surface area contributed by atoms with Crippen molar-refractivity contribution >= 4 is 21.7 Å². The third-order valence-corrected chi connectivity index (χ3v) is 6.00. The molecule has 1 aromatic heterocycles. The van der Waals surface area contributed by atoms with Gasteiger partial charge in [-0.2, -0.15) is 0 Å². The van der Waals surface area contributed by atoms with Gasteiger partial charge in [-0.05, 0) is 46.8 Å². The molecule has 0 aliphatic rings. The zero-order valence-electron chi connectivity index (χ0n) is 17.7. The average molecular weight is 425 g/mol. The molecule has 9 heteroatoms. The number of aromatic nitrogens is 1. The topological polar surface area (TPSA) is 95.9 Å². The fourth-order valence-electron chi connectivity index (χ4n) is 3.01. The van der Waals surface area contributed by atoms with E-state index in [9.17, 15) is 13.2 Å². The highest BCUT2D eigenvalue weighted by Crippen LogP contribution is 2.34. The lowest BCUT2D eigenvalue weighted by atomic mass is 10.2. The van der Waals surface area contributed by atoms with Crippen LogP contribution in [0.5, 0.6) is 11.5 Å². The Morgan fingerprint density at radius 3 is 2.28 bits per heavy atom. The van der Waals surface area contributed by atoms with Gasteiger partial charge in [-0.15, -0.1) is 0 Å². The van der Waals surface area contributed by atoms with Crippen LogP contribution < -0.4 is 14.2 Å². The molecule has 1 heterocycles. The summed E-state index contributed by atoms with van der Waals surface area (Å²) >= 11 is 0. The van der Waals surface area contributed by atoms with E-state index < -0.39 is 16.0 Å². The Hall–Kier alpha value is -2.68. The minimum atomic E-state index is -4.12. The molecule has 2 aromatic rings. The van der Waals surface area contributed by atoms with Crippen molar-refractivity contribution in [2.45, 2.75) is 39.5 Å². The molecule has 1 aromatic carbocycles. The first kappa shape index (κ1) is 22.6. The molecule has 0 aliphatic carbocycles. The highest BCUT2D eigenvalue weighted by molar-refractivity contribution is 7.92. The number of carbonyl (C=O) groups excluding carboxylic acids is 1. The molecule has 1 N–H and O–H groups in total. The molecule has 0 atom stereocenters. The lowest BCUT2D eigenvalue weighted by Gasteiger charge is -2.15. The lowest BCUT2D eigenvalue weighted by Crippen LogP contribution is -2.18. The number of sulfonamides is 1. The normalized spacial score (nSPS) is 11.2. The Labute approximate surface area is 171 Å². The van der Waals surface area contributed by atoms with Crippen molar-refractivity contribution in [1.29, 1.82) is 0 Å². The maximum Gasteiger partial charge on any atom is 0.341 e. The molecular formula is C20H28N2O6S. The van der Waals surface area contributed by atoms with Gasteiger partial charge in [0.05, 0.1) is 25.5 Å². The predicted molar refractivity (Wildman–Crippen MR) is 110 cm³/mol. The molecule has 0 saturated carbocycles. The molecule has 0 fully saturated rings. The smallest absolute Gasteiger partial charge is 0.341 e. The summed E-state index contributed by atoms with van der Waals surface area (Å²) in [6.07, 6.45) is 0. The van der Waals surface area contributed by atoms with Gasteiger partial charge in [0.1, 0.15) is 22.0 Å². The van der Waals surface area contributed by atoms with Crippen LogP contribution in [0, 0.1) is 13.8 Å². The minimum absolute atomic E-state index is 0.0262. The Balaban J connectivity index is 2.59. The number of anilines is 1. The standard InChI is InChI=1S/C20H28N2O6S/c1-7-26-15-10-11-17(27-8-2)16(12-15)21-29(24,25)19-14(5)22(6)13(4)18(19)20(23)28-9-3/h10-12,21H,7-9H2,1-6H3. The fraction of sp³-hybridized carbons (Fsp3) is 0.450. The first-order chi connectivity index (χ1) is 13.7. The van der Waals surface area contributed by atoms with Crippen LogP contribution in [0.15, 0.2) is 23.1 Å². The summed E-state index contributed by atoms with van der Waals surface area (Å²) in [5.74, 6) is 0.185. The van der Waals surface area contributed by atoms with E-state index in [1.165, 1.54) is 0 Å². The summed E-state index contributed by atoms with van der Waals surface area (Å²) in [5.41, 5.74) is 1.19. The Kier molecular flexibility index (Phi) is 7.18. The van der Waals surface area contributed by atoms with Crippen LogP contribution in [0.3, 0.4) is 0 Å². The molecule has 0 amide bonds. The number of hydrogen-bond acceptors (Lipinski definition) is 6. The summed E-state index contributed by atoms with van der Waals surface area (Å²) < 4.78 is 46.9. The molecule has 0 radical (unpaired) electrons. The molecule has 2 rings (SSSR count). The highest BCUT2D eigenvalue weighted by Gasteiger charge is 2.32. The monoisotopic (exact) mass is 424 g/mol. The second-order valence-corrected chi connectivity index (χ2v) is 7.90. The van der Waals surface area contributed by atoms with Crippen LogP contribution in [-0.2, 0) is 21.8 Å². The van der Waals surface area contributed by atoms with Crippen molar-refractivity contribution < 1.29 is 27.4 Å². The van der Waals surface area contributed by atoms with Crippen molar-refractivity contribution in [3.63, 3.8) is 0 Å². The van der Waals surface area contributed by atoms with E-state index in [-0.39, 0.29) is 22.8 Å². The summed E-state index contributed by atoms with van der Waals surface area (Å²) in [6.45, 7) is 9.57. The van der Waals surface area contributed by atoms with E-state index in [2.05, 4.69) is 4.72 Å². The van der Waals surface area contributed by atoms with E-state index in [4.69, 9.17) is 14.2 Å². The zero-order chi connectivity index (χ0) is 21.8. The van der Waals surface area contributed by atoms with Crippen LogP contribution in [0.2, 0.25) is 0 Å². The van der Waals surface area contributed by atoms with Crippen LogP contribution in [0.1, 0.15) is 42.5 Å². The molecule has 0 unspecified atom stereocenters. The predicted octanol–water partition coefficient (Wildman–Crippen LogP) is 3.42. The van der Waals surface area contributed by atoms with Crippen LogP contribution in [-0.4, -0.2) is 38.8 Å². The summed E-state index contributed by atoms with van der Waals surface area (Å²) in [4.78, 5) is 12.4. The number of carbonyl (C=O) groups is 1. The second-order valence-electron chi connectivity index (χ2n) is 6.28. The van der Waals surface area contributed by atoms with Gasteiger partial charge >= 0.3 is 5.97 Å². The Morgan fingerprint density at radius 2 is 1.69 bits per heavy atom. The molecule has 29 heavy (non-hydrogen) atoms. The van der Waals surface area contributed by atoms with Gasteiger partial charge in [-0.25, -0.2) is 13.2 Å². The maximum atomic E-state index is 13.3. The Morgan fingerprint density at radius 1 is 1.03 bits per heavy atom. The van der Waals surface area contributed by atoms with Gasteiger partial charge in [0, 0.05) is 24.5 Å². The molecule has 0 bridgehead atoms. The van der Waals surface area contributed by atoms with Gasteiger partial charge < -0.3 is 18.8 Å². The van der Waals surface area contributed by atoms with Crippen molar-refractivity contribution in [2.24, 2.45) is 7.05 Å².